The summed E-state index contributed by atoms with van der Waals surface area (Å²) in [7, 11) is 0. The monoisotopic (exact) mass is 448 g/mol. The number of amides is 1. The lowest BCUT2D eigenvalue weighted by Crippen LogP contribution is -2.17. The molecule has 1 amide bonds. The Hall–Kier alpha value is -3.85. The standard InChI is InChI=1S/C23H20N4O4S/c1-14(2)21-26-27-19(28)12-18(25-23(27)32-21)13-31-22(30)16-8-10-17(11-9-16)24-20(29)15-6-4-3-5-7-15/h3-12,14H,13H2,1-2H3,(H,24,29). The Labute approximate surface area is 187 Å². The number of hydrogen-bond donors (Lipinski definition) is 1. The Balaban J connectivity index is 1.40. The lowest BCUT2D eigenvalue weighted by molar-refractivity contribution is 0.0467. The van der Waals surface area contributed by atoms with Gasteiger partial charge in [-0.1, -0.05) is 43.4 Å². The number of aromatic nitrogens is 3. The molecule has 0 saturated carbocycles. The minimum atomic E-state index is -0.555. The van der Waals surface area contributed by atoms with E-state index < -0.39 is 5.97 Å². The largest absolute Gasteiger partial charge is 0.456 e. The number of fused-ring (bicyclic) bond motifs is 1. The van der Waals surface area contributed by atoms with Crippen LogP contribution in [-0.4, -0.2) is 26.5 Å². The number of esters is 1. The average molecular weight is 449 g/mol. The highest BCUT2D eigenvalue weighted by atomic mass is 32.1. The van der Waals surface area contributed by atoms with Crippen molar-refractivity contribution < 1.29 is 14.3 Å². The predicted molar refractivity (Wildman–Crippen MR) is 121 cm³/mol. The van der Waals surface area contributed by atoms with Gasteiger partial charge in [0, 0.05) is 23.2 Å². The van der Waals surface area contributed by atoms with Gasteiger partial charge in [-0.25, -0.2) is 9.78 Å². The zero-order valence-corrected chi connectivity index (χ0v) is 18.3. The normalized spacial score (nSPS) is 11.0. The van der Waals surface area contributed by atoms with Gasteiger partial charge in [0.15, 0.2) is 0 Å². The maximum absolute atomic E-state index is 12.4. The van der Waals surface area contributed by atoms with Gasteiger partial charge in [-0.15, -0.1) is 0 Å². The van der Waals surface area contributed by atoms with Crippen LogP contribution in [0.25, 0.3) is 4.96 Å². The van der Waals surface area contributed by atoms with E-state index in [4.69, 9.17) is 4.74 Å². The number of nitrogens with one attached hydrogen (secondary N) is 1. The highest BCUT2D eigenvalue weighted by Gasteiger charge is 2.13. The number of hydrogen-bond acceptors (Lipinski definition) is 7. The Kier molecular flexibility index (Phi) is 6.09. The van der Waals surface area contributed by atoms with Crippen LogP contribution >= 0.6 is 11.3 Å². The first-order valence-corrected chi connectivity index (χ1v) is 10.8. The summed E-state index contributed by atoms with van der Waals surface area (Å²) in [5.74, 6) is -0.611. The van der Waals surface area contributed by atoms with Gasteiger partial charge in [0.05, 0.1) is 11.3 Å². The second-order valence-corrected chi connectivity index (χ2v) is 8.34. The summed E-state index contributed by atoms with van der Waals surface area (Å²) in [5, 5.41) is 7.85. The van der Waals surface area contributed by atoms with Crippen LogP contribution in [0.5, 0.6) is 0 Å². The maximum atomic E-state index is 12.4. The quantitative estimate of drug-likeness (QED) is 0.449. The predicted octanol–water partition coefficient (Wildman–Crippen LogP) is 3.88. The highest BCUT2D eigenvalue weighted by molar-refractivity contribution is 7.16. The lowest BCUT2D eigenvalue weighted by Gasteiger charge is -2.07. The van der Waals surface area contributed by atoms with Crippen molar-refractivity contribution in [3.05, 3.63) is 92.8 Å². The molecule has 9 heteroatoms. The van der Waals surface area contributed by atoms with Gasteiger partial charge in [0.2, 0.25) is 4.96 Å². The van der Waals surface area contributed by atoms with Crippen LogP contribution in [0, 0.1) is 0 Å². The second-order valence-electron chi connectivity index (χ2n) is 7.35. The summed E-state index contributed by atoms with van der Waals surface area (Å²) in [6.07, 6.45) is 0. The van der Waals surface area contributed by atoms with E-state index in [0.29, 0.717) is 27.5 Å². The summed E-state index contributed by atoms with van der Waals surface area (Å²) >= 11 is 1.33. The van der Waals surface area contributed by atoms with E-state index in [1.807, 2.05) is 19.9 Å². The minimum absolute atomic E-state index is 0.133. The molecule has 0 unspecified atom stereocenters. The van der Waals surface area contributed by atoms with Gasteiger partial charge in [-0.2, -0.15) is 9.61 Å². The van der Waals surface area contributed by atoms with Crippen LogP contribution in [0.2, 0.25) is 0 Å². The smallest absolute Gasteiger partial charge is 0.338 e. The van der Waals surface area contributed by atoms with Crippen LogP contribution in [0.1, 0.15) is 51.2 Å². The van der Waals surface area contributed by atoms with Gasteiger partial charge in [0.25, 0.3) is 11.5 Å². The first-order valence-electron chi connectivity index (χ1n) is 9.94. The number of carbonyl (C=O) groups is 2. The Morgan fingerprint density at radius 2 is 1.78 bits per heavy atom. The summed E-state index contributed by atoms with van der Waals surface area (Å²) in [6, 6.07) is 16.5. The first kappa shape index (κ1) is 21.4. The average Bonchev–Trinajstić information content (AvgIpc) is 3.24. The van der Waals surface area contributed by atoms with E-state index in [1.165, 1.54) is 21.9 Å². The van der Waals surface area contributed by atoms with Crippen molar-refractivity contribution in [2.24, 2.45) is 0 Å². The molecule has 0 aliphatic heterocycles. The van der Waals surface area contributed by atoms with Crippen molar-refractivity contribution in [1.82, 2.24) is 14.6 Å². The number of benzene rings is 2. The topological polar surface area (TPSA) is 103 Å². The molecule has 0 saturated heterocycles. The van der Waals surface area contributed by atoms with E-state index in [1.54, 1.807) is 48.5 Å². The van der Waals surface area contributed by atoms with Gasteiger partial charge in [-0.3, -0.25) is 9.59 Å². The molecule has 4 aromatic rings. The van der Waals surface area contributed by atoms with Crippen molar-refractivity contribution in [3.8, 4) is 0 Å². The van der Waals surface area contributed by atoms with Gasteiger partial charge < -0.3 is 10.1 Å². The van der Waals surface area contributed by atoms with Crippen LogP contribution in [0.15, 0.2) is 65.5 Å². The number of rotatable bonds is 6. The van der Waals surface area contributed by atoms with E-state index in [0.717, 1.165) is 5.01 Å². The third kappa shape index (κ3) is 4.73. The molecule has 2 heterocycles. The fraction of sp³-hybridized carbons (Fsp3) is 0.174. The molecule has 162 valence electrons. The van der Waals surface area contributed by atoms with Crippen molar-refractivity contribution in [1.29, 1.82) is 0 Å². The molecule has 0 aliphatic rings. The molecule has 8 nitrogen and oxygen atoms in total. The summed E-state index contributed by atoms with van der Waals surface area (Å²) in [5.41, 5.74) is 1.46. The Morgan fingerprint density at radius 1 is 1.06 bits per heavy atom. The molecule has 0 fully saturated rings. The number of anilines is 1. The third-order valence-corrected chi connectivity index (χ3v) is 5.78. The molecule has 32 heavy (non-hydrogen) atoms. The van der Waals surface area contributed by atoms with Crippen LogP contribution in [0.4, 0.5) is 5.69 Å². The van der Waals surface area contributed by atoms with Crippen molar-refractivity contribution in [2.45, 2.75) is 26.4 Å². The highest BCUT2D eigenvalue weighted by Crippen LogP contribution is 2.20. The van der Waals surface area contributed by atoms with Gasteiger partial charge in [-0.05, 0) is 36.4 Å². The number of ether oxygens (including phenoxy) is 1. The van der Waals surface area contributed by atoms with E-state index >= 15 is 0 Å². The zero-order valence-electron chi connectivity index (χ0n) is 17.4. The van der Waals surface area contributed by atoms with E-state index in [-0.39, 0.29) is 24.0 Å². The van der Waals surface area contributed by atoms with Crippen molar-refractivity contribution >= 4 is 33.9 Å². The molecule has 0 atom stereocenters. The minimum Gasteiger partial charge on any atom is -0.456 e. The Bertz CT molecular complexity index is 1330. The number of nitrogens with zero attached hydrogens (tertiary/aromatic N) is 3. The number of carbonyl (C=O) groups excluding carboxylic acids is 2. The van der Waals surface area contributed by atoms with E-state index in [2.05, 4.69) is 15.4 Å². The molecule has 0 radical (unpaired) electrons. The van der Waals surface area contributed by atoms with Crippen molar-refractivity contribution in [3.63, 3.8) is 0 Å². The fourth-order valence-corrected chi connectivity index (χ4v) is 3.81. The molecular formula is C23H20N4O4S. The molecule has 1 N–H and O–H groups in total. The van der Waals surface area contributed by atoms with Gasteiger partial charge in [0.1, 0.15) is 11.6 Å². The molecule has 0 spiro atoms. The zero-order chi connectivity index (χ0) is 22.7. The fourth-order valence-electron chi connectivity index (χ4n) is 2.88. The molecular weight excluding hydrogens is 428 g/mol. The lowest BCUT2D eigenvalue weighted by atomic mass is 10.2. The molecule has 4 rings (SSSR count). The van der Waals surface area contributed by atoms with Crippen LogP contribution in [0.3, 0.4) is 0 Å². The summed E-state index contributed by atoms with van der Waals surface area (Å²) < 4.78 is 6.57. The first-order chi connectivity index (χ1) is 15.4. The van der Waals surface area contributed by atoms with Crippen LogP contribution < -0.4 is 10.9 Å². The SMILES string of the molecule is CC(C)c1nn2c(=O)cc(COC(=O)c3ccc(NC(=O)c4ccccc4)cc3)nc2s1. The second kappa shape index (κ2) is 9.11. The van der Waals surface area contributed by atoms with Crippen molar-refractivity contribution in [2.75, 3.05) is 5.32 Å². The summed E-state index contributed by atoms with van der Waals surface area (Å²) in [6.45, 7) is 3.85. The molecule has 2 aromatic carbocycles. The summed E-state index contributed by atoms with van der Waals surface area (Å²) in [4.78, 5) is 41.7. The maximum Gasteiger partial charge on any atom is 0.338 e. The van der Waals surface area contributed by atoms with E-state index in [9.17, 15) is 14.4 Å². The van der Waals surface area contributed by atoms with Crippen LogP contribution in [-0.2, 0) is 11.3 Å². The molecule has 0 bridgehead atoms. The van der Waals surface area contributed by atoms with Gasteiger partial charge >= 0.3 is 5.97 Å². The Morgan fingerprint density at radius 3 is 2.47 bits per heavy atom. The molecule has 2 aromatic heterocycles. The third-order valence-electron chi connectivity index (χ3n) is 4.57. The molecule has 0 aliphatic carbocycles.